The summed E-state index contributed by atoms with van der Waals surface area (Å²) >= 11 is 0. The lowest BCUT2D eigenvalue weighted by Crippen LogP contribution is -2.28. The van der Waals surface area contributed by atoms with Gasteiger partial charge in [0.2, 0.25) is 0 Å². The SMILES string of the molecule is CN(C)CCOc1ccc(NC2CCC(O)CC2)cc1. The molecule has 0 unspecified atom stereocenters. The number of nitrogens with one attached hydrogen (secondary N) is 1. The number of hydrogen-bond acceptors (Lipinski definition) is 4. The molecule has 112 valence electrons. The second-order valence-corrected chi connectivity index (χ2v) is 5.83. The van der Waals surface area contributed by atoms with E-state index in [2.05, 4.69) is 22.3 Å². The second-order valence-electron chi connectivity index (χ2n) is 5.83. The standard InChI is InChI=1S/C16H26N2O2/c1-18(2)11-12-20-16-9-5-14(6-10-16)17-13-3-7-15(19)8-4-13/h5-6,9-10,13,15,17,19H,3-4,7-8,11-12H2,1-2H3. The van der Waals surface area contributed by atoms with Gasteiger partial charge in [-0.3, -0.25) is 0 Å². The summed E-state index contributed by atoms with van der Waals surface area (Å²) in [6, 6.07) is 8.64. The number of nitrogens with zero attached hydrogens (tertiary/aromatic N) is 1. The predicted octanol–water partition coefficient (Wildman–Crippen LogP) is 2.34. The minimum atomic E-state index is -0.0967. The molecule has 1 saturated carbocycles. The summed E-state index contributed by atoms with van der Waals surface area (Å²) in [4.78, 5) is 2.10. The van der Waals surface area contributed by atoms with Crippen LogP contribution in [0.3, 0.4) is 0 Å². The highest BCUT2D eigenvalue weighted by Crippen LogP contribution is 2.23. The normalized spacial score (nSPS) is 22.8. The maximum Gasteiger partial charge on any atom is 0.119 e. The lowest BCUT2D eigenvalue weighted by Gasteiger charge is -2.27. The average molecular weight is 278 g/mol. The summed E-state index contributed by atoms with van der Waals surface area (Å²) in [6.45, 7) is 1.63. The van der Waals surface area contributed by atoms with Crippen molar-refractivity contribution in [2.24, 2.45) is 0 Å². The molecule has 1 aromatic rings. The molecule has 1 fully saturated rings. The van der Waals surface area contributed by atoms with Crippen LogP contribution < -0.4 is 10.1 Å². The summed E-state index contributed by atoms with van der Waals surface area (Å²) in [5.41, 5.74) is 1.13. The largest absolute Gasteiger partial charge is 0.492 e. The molecule has 2 rings (SSSR count). The van der Waals surface area contributed by atoms with Crippen LogP contribution >= 0.6 is 0 Å². The lowest BCUT2D eigenvalue weighted by atomic mass is 9.93. The highest BCUT2D eigenvalue weighted by molar-refractivity contribution is 5.47. The van der Waals surface area contributed by atoms with Gasteiger partial charge in [0.05, 0.1) is 6.10 Å². The van der Waals surface area contributed by atoms with E-state index < -0.39 is 0 Å². The van der Waals surface area contributed by atoms with Crippen molar-refractivity contribution in [1.29, 1.82) is 0 Å². The van der Waals surface area contributed by atoms with Gasteiger partial charge in [0, 0.05) is 18.3 Å². The van der Waals surface area contributed by atoms with Gasteiger partial charge in [0.15, 0.2) is 0 Å². The molecule has 0 atom stereocenters. The van der Waals surface area contributed by atoms with Crippen LogP contribution in [-0.2, 0) is 0 Å². The third-order valence-corrected chi connectivity index (χ3v) is 3.73. The highest BCUT2D eigenvalue weighted by Gasteiger charge is 2.18. The van der Waals surface area contributed by atoms with Crippen LogP contribution in [0.15, 0.2) is 24.3 Å². The molecular weight excluding hydrogens is 252 g/mol. The molecule has 20 heavy (non-hydrogen) atoms. The average Bonchev–Trinajstić information content (AvgIpc) is 2.43. The van der Waals surface area contributed by atoms with Gasteiger partial charge in [-0.1, -0.05) is 0 Å². The van der Waals surface area contributed by atoms with E-state index in [9.17, 15) is 5.11 Å². The third-order valence-electron chi connectivity index (χ3n) is 3.73. The van der Waals surface area contributed by atoms with Gasteiger partial charge in [0.25, 0.3) is 0 Å². The Morgan fingerprint density at radius 2 is 1.80 bits per heavy atom. The molecule has 4 nitrogen and oxygen atoms in total. The molecule has 0 radical (unpaired) electrons. The van der Waals surface area contributed by atoms with E-state index in [-0.39, 0.29) is 6.10 Å². The number of likely N-dealkylation sites (N-methyl/N-ethyl adjacent to an activating group) is 1. The number of ether oxygens (including phenoxy) is 1. The molecule has 4 heteroatoms. The molecule has 0 amide bonds. The van der Waals surface area contributed by atoms with Crippen LogP contribution in [0.1, 0.15) is 25.7 Å². The van der Waals surface area contributed by atoms with Gasteiger partial charge in [-0.2, -0.15) is 0 Å². The Morgan fingerprint density at radius 3 is 2.40 bits per heavy atom. The first kappa shape index (κ1) is 15.1. The van der Waals surface area contributed by atoms with E-state index in [1.54, 1.807) is 0 Å². The minimum absolute atomic E-state index is 0.0967. The fourth-order valence-corrected chi connectivity index (χ4v) is 2.45. The van der Waals surface area contributed by atoms with Gasteiger partial charge in [-0.25, -0.2) is 0 Å². The number of aliphatic hydroxyl groups is 1. The summed E-state index contributed by atoms with van der Waals surface area (Å²) in [6.07, 6.45) is 3.80. The highest BCUT2D eigenvalue weighted by atomic mass is 16.5. The topological polar surface area (TPSA) is 44.7 Å². The zero-order chi connectivity index (χ0) is 14.4. The van der Waals surface area contributed by atoms with Crippen LogP contribution in [0.25, 0.3) is 0 Å². The van der Waals surface area contributed by atoms with Crippen molar-refractivity contribution in [2.45, 2.75) is 37.8 Å². The molecular formula is C16H26N2O2. The van der Waals surface area contributed by atoms with Crippen LogP contribution in [0, 0.1) is 0 Å². The molecule has 0 bridgehead atoms. The number of aliphatic hydroxyl groups excluding tert-OH is 1. The molecule has 1 aliphatic carbocycles. The van der Waals surface area contributed by atoms with E-state index in [1.165, 1.54) is 0 Å². The van der Waals surface area contributed by atoms with E-state index >= 15 is 0 Å². The van der Waals surface area contributed by atoms with Crippen LogP contribution in [0.4, 0.5) is 5.69 Å². The van der Waals surface area contributed by atoms with Crippen LogP contribution in [0.5, 0.6) is 5.75 Å². The summed E-state index contributed by atoms with van der Waals surface area (Å²) < 4.78 is 5.67. The van der Waals surface area contributed by atoms with Crippen molar-refractivity contribution in [3.63, 3.8) is 0 Å². The first-order chi connectivity index (χ1) is 9.63. The Kier molecular flexibility index (Phi) is 5.68. The van der Waals surface area contributed by atoms with Crippen LogP contribution in [0.2, 0.25) is 0 Å². The molecule has 0 aliphatic heterocycles. The number of benzene rings is 1. The fourth-order valence-electron chi connectivity index (χ4n) is 2.45. The third kappa shape index (κ3) is 5.02. The smallest absolute Gasteiger partial charge is 0.119 e. The Morgan fingerprint density at radius 1 is 1.15 bits per heavy atom. The lowest BCUT2D eigenvalue weighted by molar-refractivity contribution is 0.126. The fraction of sp³-hybridized carbons (Fsp3) is 0.625. The number of hydrogen-bond donors (Lipinski definition) is 2. The molecule has 2 N–H and O–H groups in total. The van der Waals surface area contributed by atoms with Crippen molar-refractivity contribution >= 4 is 5.69 Å². The Labute approximate surface area is 121 Å². The van der Waals surface area contributed by atoms with Crippen molar-refractivity contribution in [2.75, 3.05) is 32.6 Å². The predicted molar refractivity (Wildman–Crippen MR) is 82.4 cm³/mol. The Balaban J connectivity index is 1.76. The molecule has 1 aromatic carbocycles. The molecule has 0 spiro atoms. The first-order valence-electron chi connectivity index (χ1n) is 7.45. The van der Waals surface area contributed by atoms with Gasteiger partial charge in [0.1, 0.15) is 12.4 Å². The van der Waals surface area contributed by atoms with Gasteiger partial charge < -0.3 is 20.1 Å². The minimum Gasteiger partial charge on any atom is -0.492 e. The molecule has 0 aromatic heterocycles. The van der Waals surface area contributed by atoms with Crippen molar-refractivity contribution in [1.82, 2.24) is 4.90 Å². The van der Waals surface area contributed by atoms with Gasteiger partial charge in [-0.05, 0) is 64.0 Å². The zero-order valence-electron chi connectivity index (χ0n) is 12.5. The monoisotopic (exact) mass is 278 g/mol. The number of rotatable bonds is 6. The maximum atomic E-state index is 9.50. The first-order valence-corrected chi connectivity index (χ1v) is 7.45. The summed E-state index contributed by atoms with van der Waals surface area (Å²) in [5.74, 6) is 0.913. The van der Waals surface area contributed by atoms with E-state index in [4.69, 9.17) is 4.74 Å². The molecule has 0 heterocycles. The quantitative estimate of drug-likeness (QED) is 0.838. The van der Waals surface area contributed by atoms with Crippen LogP contribution in [-0.4, -0.2) is 49.4 Å². The molecule has 1 aliphatic rings. The van der Waals surface area contributed by atoms with Crippen molar-refractivity contribution in [3.05, 3.63) is 24.3 Å². The molecule has 0 saturated heterocycles. The van der Waals surface area contributed by atoms with Gasteiger partial charge >= 0.3 is 0 Å². The van der Waals surface area contributed by atoms with Gasteiger partial charge in [-0.15, -0.1) is 0 Å². The number of anilines is 1. The van der Waals surface area contributed by atoms with Crippen molar-refractivity contribution in [3.8, 4) is 5.75 Å². The van der Waals surface area contributed by atoms with E-state index in [0.29, 0.717) is 12.6 Å². The second kappa shape index (κ2) is 7.50. The Bertz CT molecular complexity index is 384. The van der Waals surface area contributed by atoms with E-state index in [1.807, 2.05) is 26.2 Å². The summed E-state index contributed by atoms with van der Waals surface area (Å²) in [7, 11) is 4.08. The Hall–Kier alpha value is -1.26. The van der Waals surface area contributed by atoms with E-state index in [0.717, 1.165) is 43.7 Å². The summed E-state index contributed by atoms with van der Waals surface area (Å²) in [5, 5.41) is 13.0. The zero-order valence-corrected chi connectivity index (χ0v) is 12.5. The van der Waals surface area contributed by atoms with Crippen molar-refractivity contribution < 1.29 is 9.84 Å². The maximum absolute atomic E-state index is 9.50.